The van der Waals surface area contributed by atoms with Gasteiger partial charge in [-0.1, -0.05) is 32.0 Å². The van der Waals surface area contributed by atoms with E-state index in [2.05, 4.69) is 24.9 Å². The molecule has 0 aliphatic carbocycles. The van der Waals surface area contributed by atoms with E-state index in [4.69, 9.17) is 4.74 Å². The van der Waals surface area contributed by atoms with Gasteiger partial charge in [0.2, 0.25) is 0 Å². The van der Waals surface area contributed by atoms with Crippen molar-refractivity contribution in [2.24, 2.45) is 0 Å². The lowest BCUT2D eigenvalue weighted by Crippen LogP contribution is -2.31. The Hall–Kier alpha value is -3.84. The fraction of sp³-hybridized carbons (Fsp3) is 0.290. The van der Waals surface area contributed by atoms with Gasteiger partial charge in [-0.2, -0.15) is 0 Å². The highest BCUT2D eigenvalue weighted by atomic mass is 32.1. The second-order valence-electron chi connectivity index (χ2n) is 9.91. The molecule has 2 aromatic carbocycles. The molecule has 0 radical (unpaired) electrons. The van der Waals surface area contributed by atoms with E-state index in [0.29, 0.717) is 25.1 Å². The van der Waals surface area contributed by atoms with Crippen LogP contribution in [0.1, 0.15) is 59.9 Å². The van der Waals surface area contributed by atoms with Gasteiger partial charge in [0.25, 0.3) is 11.7 Å². The first-order valence-electron chi connectivity index (χ1n) is 13.0. The number of ketones is 1. The average molecular weight is 529 g/mol. The van der Waals surface area contributed by atoms with Crippen molar-refractivity contribution in [3.05, 3.63) is 92.8 Å². The van der Waals surface area contributed by atoms with E-state index in [-0.39, 0.29) is 17.3 Å². The summed E-state index contributed by atoms with van der Waals surface area (Å²) < 4.78 is 5.78. The molecule has 6 nitrogen and oxygen atoms in total. The number of fused-ring (bicyclic) bond motifs is 1. The van der Waals surface area contributed by atoms with E-state index < -0.39 is 17.7 Å². The van der Waals surface area contributed by atoms with E-state index in [1.54, 1.807) is 11.0 Å². The molecule has 0 bridgehead atoms. The minimum Gasteiger partial charge on any atom is -0.507 e. The molecule has 1 atom stereocenters. The van der Waals surface area contributed by atoms with E-state index in [1.165, 1.54) is 11.3 Å². The number of thiophene rings is 1. The summed E-state index contributed by atoms with van der Waals surface area (Å²) in [5.74, 6) is -0.485. The Morgan fingerprint density at radius 2 is 1.95 bits per heavy atom. The van der Waals surface area contributed by atoms with Crippen LogP contribution in [0.25, 0.3) is 16.7 Å². The van der Waals surface area contributed by atoms with Crippen LogP contribution in [0.15, 0.2) is 65.7 Å². The number of hydrogen-bond acceptors (Lipinski definition) is 5. The highest BCUT2D eigenvalue weighted by molar-refractivity contribution is 7.10. The van der Waals surface area contributed by atoms with Crippen LogP contribution in [-0.4, -0.2) is 39.8 Å². The Morgan fingerprint density at radius 3 is 2.66 bits per heavy atom. The third-order valence-corrected chi connectivity index (χ3v) is 8.26. The molecule has 2 N–H and O–H groups in total. The molecule has 7 heteroatoms. The van der Waals surface area contributed by atoms with Crippen LogP contribution in [-0.2, 0) is 16.0 Å². The maximum absolute atomic E-state index is 13.5. The number of H-pyrrole nitrogens is 1. The molecule has 1 unspecified atom stereocenters. The minimum atomic E-state index is -0.654. The summed E-state index contributed by atoms with van der Waals surface area (Å²) in [6, 6.07) is 14.8. The molecule has 3 heterocycles. The van der Waals surface area contributed by atoms with Crippen LogP contribution in [0.3, 0.4) is 0 Å². The van der Waals surface area contributed by atoms with Crippen molar-refractivity contribution in [3.63, 3.8) is 0 Å². The zero-order valence-electron chi connectivity index (χ0n) is 22.1. The summed E-state index contributed by atoms with van der Waals surface area (Å²) in [6.45, 7) is 8.90. The number of benzene rings is 2. The predicted molar refractivity (Wildman–Crippen MR) is 152 cm³/mol. The van der Waals surface area contributed by atoms with Crippen LogP contribution < -0.4 is 4.74 Å². The number of para-hydroxylation sites is 1. The van der Waals surface area contributed by atoms with Gasteiger partial charge >= 0.3 is 0 Å². The van der Waals surface area contributed by atoms with Gasteiger partial charge in [0.05, 0.1) is 18.2 Å². The average Bonchev–Trinajstić information content (AvgIpc) is 3.59. The molecule has 5 rings (SSSR count). The van der Waals surface area contributed by atoms with Crippen molar-refractivity contribution in [1.82, 2.24) is 9.88 Å². The highest BCUT2D eigenvalue weighted by Crippen LogP contribution is 2.43. The number of rotatable bonds is 8. The largest absolute Gasteiger partial charge is 0.507 e. The van der Waals surface area contributed by atoms with Crippen molar-refractivity contribution in [3.8, 4) is 5.75 Å². The van der Waals surface area contributed by atoms with Gasteiger partial charge < -0.3 is 19.7 Å². The van der Waals surface area contributed by atoms with Crippen LogP contribution in [0.4, 0.5) is 0 Å². The van der Waals surface area contributed by atoms with Crippen LogP contribution in [0, 0.1) is 6.92 Å². The maximum atomic E-state index is 13.5. The van der Waals surface area contributed by atoms with Gasteiger partial charge in [0.1, 0.15) is 11.5 Å². The SMILES string of the molecule is CCOc1ccc(/C(O)=C2/C(=O)C(=O)N(CCc3c[nH]c4ccccc34)C2c2sccc2C)cc1C(C)C. The molecule has 196 valence electrons. The molecule has 1 saturated heterocycles. The Labute approximate surface area is 226 Å². The number of aryl methyl sites for hydroxylation is 1. The Morgan fingerprint density at radius 1 is 1.16 bits per heavy atom. The summed E-state index contributed by atoms with van der Waals surface area (Å²) >= 11 is 1.50. The number of ether oxygens (including phenoxy) is 1. The number of likely N-dealkylation sites (tertiary alicyclic amines) is 1. The molecule has 1 aliphatic rings. The fourth-order valence-electron chi connectivity index (χ4n) is 5.22. The molecule has 4 aromatic rings. The zero-order chi connectivity index (χ0) is 27.0. The number of Topliss-reactive ketones (excluding diaryl/α,β-unsaturated/α-hetero) is 1. The Bertz CT molecular complexity index is 1540. The number of hydrogen-bond donors (Lipinski definition) is 2. The zero-order valence-corrected chi connectivity index (χ0v) is 22.9. The third kappa shape index (κ3) is 4.52. The van der Waals surface area contributed by atoms with Crippen LogP contribution in [0.2, 0.25) is 0 Å². The highest BCUT2D eigenvalue weighted by Gasteiger charge is 2.47. The van der Waals surface area contributed by atoms with Gasteiger partial charge in [0.15, 0.2) is 0 Å². The summed E-state index contributed by atoms with van der Waals surface area (Å²) in [5.41, 5.74) is 4.68. The number of carbonyl (C=O) groups is 2. The maximum Gasteiger partial charge on any atom is 0.295 e. The molecule has 38 heavy (non-hydrogen) atoms. The molecule has 0 spiro atoms. The smallest absolute Gasteiger partial charge is 0.295 e. The normalized spacial score (nSPS) is 17.2. The number of amides is 1. The van der Waals surface area contributed by atoms with E-state index in [9.17, 15) is 14.7 Å². The summed E-state index contributed by atoms with van der Waals surface area (Å²) in [6.07, 6.45) is 2.54. The third-order valence-electron chi connectivity index (χ3n) is 7.19. The lowest BCUT2D eigenvalue weighted by molar-refractivity contribution is -0.139. The molecule has 1 amide bonds. The lowest BCUT2D eigenvalue weighted by Gasteiger charge is -2.25. The first kappa shape index (κ1) is 25.8. The van der Waals surface area contributed by atoms with E-state index in [0.717, 1.165) is 38.2 Å². The molecular weight excluding hydrogens is 496 g/mol. The minimum absolute atomic E-state index is 0.137. The number of carbonyl (C=O) groups excluding carboxylic acids is 2. The topological polar surface area (TPSA) is 82.6 Å². The molecule has 2 aromatic heterocycles. The van der Waals surface area contributed by atoms with Crippen LogP contribution in [0.5, 0.6) is 5.75 Å². The number of aromatic amines is 1. The van der Waals surface area contributed by atoms with Crippen molar-refractivity contribution < 1.29 is 19.4 Å². The predicted octanol–water partition coefficient (Wildman–Crippen LogP) is 6.72. The fourth-order valence-corrected chi connectivity index (χ4v) is 6.26. The van der Waals surface area contributed by atoms with E-state index >= 15 is 0 Å². The lowest BCUT2D eigenvalue weighted by atomic mass is 9.94. The number of aromatic nitrogens is 1. The van der Waals surface area contributed by atoms with Crippen LogP contribution >= 0.6 is 11.3 Å². The molecular formula is C31H32N2O4S. The Kier molecular flexibility index (Phi) is 7.13. The van der Waals surface area contributed by atoms with Gasteiger partial charge in [-0.15, -0.1) is 11.3 Å². The van der Waals surface area contributed by atoms with Crippen molar-refractivity contribution in [1.29, 1.82) is 0 Å². The second-order valence-corrected chi connectivity index (χ2v) is 10.9. The Balaban J connectivity index is 1.57. The number of aliphatic hydroxyl groups is 1. The first-order valence-corrected chi connectivity index (χ1v) is 13.8. The van der Waals surface area contributed by atoms with Crippen molar-refractivity contribution >= 4 is 39.7 Å². The number of aliphatic hydroxyl groups excluding tert-OH is 1. The molecule has 0 saturated carbocycles. The standard InChI is InChI=1S/C31H32N2O4S/c1-5-37-25-11-10-20(16-23(25)18(2)3)28(34)26-27(30-19(4)13-15-38-30)33(31(36)29(26)35)14-12-21-17-32-24-9-7-6-8-22(21)24/h6-11,13,15-18,27,32,34H,5,12,14H2,1-4H3/b28-26-. The van der Waals surface area contributed by atoms with Gasteiger partial charge in [-0.3, -0.25) is 9.59 Å². The number of nitrogens with zero attached hydrogens (tertiary/aromatic N) is 1. The van der Waals surface area contributed by atoms with Gasteiger partial charge in [-0.05, 0) is 78.6 Å². The van der Waals surface area contributed by atoms with E-state index in [1.807, 2.05) is 61.8 Å². The molecule has 1 aliphatic heterocycles. The van der Waals surface area contributed by atoms with Gasteiger partial charge in [-0.25, -0.2) is 0 Å². The quantitative estimate of drug-likeness (QED) is 0.151. The van der Waals surface area contributed by atoms with Crippen molar-refractivity contribution in [2.75, 3.05) is 13.2 Å². The monoisotopic (exact) mass is 528 g/mol. The first-order chi connectivity index (χ1) is 18.3. The number of nitrogens with one attached hydrogen (secondary N) is 1. The molecule has 1 fully saturated rings. The summed E-state index contributed by atoms with van der Waals surface area (Å²) in [5, 5.41) is 14.6. The summed E-state index contributed by atoms with van der Waals surface area (Å²) in [4.78, 5) is 32.7. The van der Waals surface area contributed by atoms with Gasteiger partial charge in [0, 0.05) is 34.1 Å². The van der Waals surface area contributed by atoms with Crippen molar-refractivity contribution in [2.45, 2.75) is 46.1 Å². The summed E-state index contributed by atoms with van der Waals surface area (Å²) in [7, 11) is 0. The second kappa shape index (κ2) is 10.5.